The Bertz CT molecular complexity index is 851. The maximum atomic E-state index is 12.0. The Morgan fingerprint density at radius 1 is 1.04 bits per heavy atom. The van der Waals surface area contributed by atoms with Gasteiger partial charge in [0.2, 0.25) is 10.0 Å². The number of rotatable bonds is 3. The van der Waals surface area contributed by atoms with Gasteiger partial charge in [-0.25, -0.2) is 13.2 Å². The molecule has 3 rings (SSSR count). The van der Waals surface area contributed by atoms with Crippen molar-refractivity contribution >= 4 is 33.1 Å². The molecule has 0 spiro atoms. The summed E-state index contributed by atoms with van der Waals surface area (Å²) >= 11 is 0. The zero-order valence-corrected chi connectivity index (χ0v) is 14.1. The van der Waals surface area contributed by atoms with Gasteiger partial charge < -0.3 is 10.6 Å². The van der Waals surface area contributed by atoms with Crippen LogP contribution in [0.25, 0.3) is 0 Å². The fraction of sp³-hybridized carbons (Fsp3) is 0.235. The van der Waals surface area contributed by atoms with Crippen molar-refractivity contribution in [1.29, 1.82) is 0 Å². The Morgan fingerprint density at radius 2 is 1.75 bits per heavy atom. The van der Waals surface area contributed by atoms with Gasteiger partial charge in [0.15, 0.2) is 0 Å². The van der Waals surface area contributed by atoms with Gasteiger partial charge in [0.25, 0.3) is 0 Å². The molecule has 0 aliphatic carbocycles. The van der Waals surface area contributed by atoms with E-state index in [9.17, 15) is 13.2 Å². The van der Waals surface area contributed by atoms with Gasteiger partial charge in [-0.1, -0.05) is 18.2 Å². The number of carbonyl (C=O) groups is 1. The molecule has 1 aliphatic heterocycles. The summed E-state index contributed by atoms with van der Waals surface area (Å²) in [5.41, 5.74) is 2.95. The molecule has 1 heterocycles. The monoisotopic (exact) mass is 345 g/mol. The maximum Gasteiger partial charge on any atom is 0.323 e. The van der Waals surface area contributed by atoms with Crippen LogP contribution in [0.3, 0.4) is 0 Å². The number of sulfonamides is 1. The topological polar surface area (TPSA) is 78.5 Å². The summed E-state index contributed by atoms with van der Waals surface area (Å²) in [7, 11) is -3.28. The lowest BCUT2D eigenvalue weighted by Crippen LogP contribution is -2.34. The van der Waals surface area contributed by atoms with Gasteiger partial charge in [0.05, 0.1) is 11.9 Å². The van der Waals surface area contributed by atoms with E-state index in [4.69, 9.17) is 0 Å². The number of para-hydroxylation sites is 1. The third-order valence-electron chi connectivity index (χ3n) is 3.85. The fourth-order valence-corrected chi connectivity index (χ4v) is 3.80. The van der Waals surface area contributed by atoms with Crippen LogP contribution in [0.4, 0.5) is 21.9 Å². The standard InChI is InChI=1S/C17H19N3O3S/c1-24(22,23)20-11-5-6-13-12-15(9-10-16(13)20)19-17(21)18-14-7-3-2-4-8-14/h2-4,7-10,12H,5-6,11H2,1H3,(H2,18,19,21). The van der Waals surface area contributed by atoms with Gasteiger partial charge in [-0.05, 0) is 48.7 Å². The highest BCUT2D eigenvalue weighted by Gasteiger charge is 2.24. The van der Waals surface area contributed by atoms with Crippen molar-refractivity contribution in [2.24, 2.45) is 0 Å². The zero-order chi connectivity index (χ0) is 17.2. The third-order valence-corrected chi connectivity index (χ3v) is 5.03. The second-order valence-electron chi connectivity index (χ2n) is 5.73. The molecular weight excluding hydrogens is 326 g/mol. The molecule has 126 valence electrons. The molecule has 0 unspecified atom stereocenters. The van der Waals surface area contributed by atoms with Crippen molar-refractivity contribution in [3.63, 3.8) is 0 Å². The summed E-state index contributed by atoms with van der Waals surface area (Å²) in [5.74, 6) is 0. The van der Waals surface area contributed by atoms with E-state index in [1.165, 1.54) is 10.6 Å². The van der Waals surface area contributed by atoms with Gasteiger partial charge in [0.1, 0.15) is 0 Å². The van der Waals surface area contributed by atoms with Crippen LogP contribution >= 0.6 is 0 Å². The van der Waals surface area contributed by atoms with Crippen LogP contribution in [0, 0.1) is 0 Å². The third kappa shape index (κ3) is 3.68. The molecule has 0 atom stereocenters. The van der Waals surface area contributed by atoms with Crippen LogP contribution in [0.5, 0.6) is 0 Å². The van der Waals surface area contributed by atoms with Crippen LogP contribution in [0.2, 0.25) is 0 Å². The lowest BCUT2D eigenvalue weighted by Gasteiger charge is -2.29. The first kappa shape index (κ1) is 16.3. The number of amides is 2. The van der Waals surface area contributed by atoms with E-state index in [0.29, 0.717) is 23.6 Å². The number of hydrogen-bond acceptors (Lipinski definition) is 3. The molecule has 2 amide bonds. The smallest absolute Gasteiger partial charge is 0.308 e. The second-order valence-corrected chi connectivity index (χ2v) is 7.63. The molecule has 24 heavy (non-hydrogen) atoms. The molecule has 0 saturated carbocycles. The number of aryl methyl sites for hydroxylation is 1. The van der Waals surface area contributed by atoms with Crippen LogP contribution < -0.4 is 14.9 Å². The number of fused-ring (bicyclic) bond motifs is 1. The first-order valence-electron chi connectivity index (χ1n) is 7.67. The van der Waals surface area contributed by atoms with Crippen molar-refractivity contribution in [1.82, 2.24) is 0 Å². The number of nitrogens with one attached hydrogen (secondary N) is 2. The van der Waals surface area contributed by atoms with Crippen LogP contribution in [-0.4, -0.2) is 27.2 Å². The zero-order valence-electron chi connectivity index (χ0n) is 13.3. The molecule has 0 aromatic heterocycles. The van der Waals surface area contributed by atoms with Crippen molar-refractivity contribution in [2.75, 3.05) is 27.7 Å². The minimum Gasteiger partial charge on any atom is -0.308 e. The van der Waals surface area contributed by atoms with Crippen molar-refractivity contribution in [2.45, 2.75) is 12.8 Å². The Hall–Kier alpha value is -2.54. The lowest BCUT2D eigenvalue weighted by atomic mass is 10.0. The predicted molar refractivity (Wildman–Crippen MR) is 96.0 cm³/mol. The summed E-state index contributed by atoms with van der Waals surface area (Å²) in [5, 5.41) is 5.52. The number of carbonyl (C=O) groups excluding carboxylic acids is 1. The Balaban J connectivity index is 1.76. The maximum absolute atomic E-state index is 12.0. The molecule has 0 fully saturated rings. The Labute approximate surface area is 141 Å². The molecular formula is C17H19N3O3S. The summed E-state index contributed by atoms with van der Waals surface area (Å²) < 4.78 is 25.1. The van der Waals surface area contributed by atoms with Gasteiger partial charge in [-0.15, -0.1) is 0 Å². The molecule has 2 aromatic carbocycles. The van der Waals surface area contributed by atoms with Crippen molar-refractivity contribution in [3.05, 3.63) is 54.1 Å². The fourth-order valence-electron chi connectivity index (χ4n) is 2.80. The normalized spacial score (nSPS) is 14.0. The summed E-state index contributed by atoms with van der Waals surface area (Å²) in [6, 6.07) is 14.1. The SMILES string of the molecule is CS(=O)(=O)N1CCCc2cc(NC(=O)Nc3ccccc3)ccc21. The number of benzene rings is 2. The van der Waals surface area contributed by atoms with Crippen LogP contribution in [-0.2, 0) is 16.4 Å². The molecule has 2 aromatic rings. The predicted octanol–water partition coefficient (Wildman–Crippen LogP) is 3.04. The molecule has 0 bridgehead atoms. The van der Waals surface area contributed by atoms with Crippen LogP contribution in [0.1, 0.15) is 12.0 Å². The van der Waals surface area contributed by atoms with E-state index >= 15 is 0 Å². The summed E-state index contributed by atoms with van der Waals surface area (Å²) in [6.45, 7) is 0.493. The quantitative estimate of drug-likeness (QED) is 0.897. The molecule has 0 radical (unpaired) electrons. The van der Waals surface area contributed by atoms with E-state index in [1.54, 1.807) is 24.3 Å². The highest BCUT2D eigenvalue weighted by atomic mass is 32.2. The average Bonchev–Trinajstić information content (AvgIpc) is 2.54. The van der Waals surface area contributed by atoms with Gasteiger partial charge in [-0.2, -0.15) is 0 Å². The largest absolute Gasteiger partial charge is 0.323 e. The summed E-state index contributed by atoms with van der Waals surface area (Å²) in [6.07, 6.45) is 2.76. The molecule has 7 heteroatoms. The van der Waals surface area contributed by atoms with E-state index in [1.807, 2.05) is 24.3 Å². The first-order chi connectivity index (χ1) is 11.4. The average molecular weight is 345 g/mol. The molecule has 2 N–H and O–H groups in total. The Kier molecular flexibility index (Phi) is 4.44. The van der Waals surface area contributed by atoms with Gasteiger partial charge in [-0.3, -0.25) is 4.31 Å². The van der Waals surface area contributed by atoms with Crippen molar-refractivity contribution in [3.8, 4) is 0 Å². The van der Waals surface area contributed by atoms with E-state index in [2.05, 4.69) is 10.6 Å². The first-order valence-corrected chi connectivity index (χ1v) is 9.52. The number of nitrogens with zero attached hydrogens (tertiary/aromatic N) is 1. The minimum atomic E-state index is -3.28. The minimum absolute atomic E-state index is 0.336. The molecule has 6 nitrogen and oxygen atoms in total. The highest BCUT2D eigenvalue weighted by molar-refractivity contribution is 7.92. The van der Waals surface area contributed by atoms with Crippen LogP contribution in [0.15, 0.2) is 48.5 Å². The number of urea groups is 1. The second kappa shape index (κ2) is 6.52. The number of hydrogen-bond donors (Lipinski definition) is 2. The lowest BCUT2D eigenvalue weighted by molar-refractivity contribution is 0.262. The molecule has 0 saturated heterocycles. The summed E-state index contributed by atoms with van der Waals surface area (Å²) in [4.78, 5) is 12.0. The Morgan fingerprint density at radius 3 is 2.46 bits per heavy atom. The van der Waals surface area contributed by atoms with E-state index in [-0.39, 0.29) is 6.03 Å². The molecule has 1 aliphatic rings. The van der Waals surface area contributed by atoms with Crippen molar-refractivity contribution < 1.29 is 13.2 Å². The van der Waals surface area contributed by atoms with E-state index < -0.39 is 10.0 Å². The number of anilines is 3. The highest BCUT2D eigenvalue weighted by Crippen LogP contribution is 2.31. The van der Waals surface area contributed by atoms with Gasteiger partial charge in [0, 0.05) is 17.9 Å². The van der Waals surface area contributed by atoms with E-state index in [0.717, 1.165) is 18.4 Å². The van der Waals surface area contributed by atoms with Gasteiger partial charge >= 0.3 is 6.03 Å².